The van der Waals surface area contributed by atoms with Crippen LogP contribution >= 0.6 is 0 Å². The van der Waals surface area contributed by atoms with Gasteiger partial charge in [-0.3, -0.25) is 14.4 Å². The van der Waals surface area contributed by atoms with E-state index < -0.39 is 6.04 Å². The van der Waals surface area contributed by atoms with Crippen molar-refractivity contribution in [1.82, 2.24) is 5.32 Å². The van der Waals surface area contributed by atoms with Gasteiger partial charge >= 0.3 is 0 Å². The van der Waals surface area contributed by atoms with Crippen LogP contribution in [0.2, 0.25) is 0 Å². The summed E-state index contributed by atoms with van der Waals surface area (Å²) in [6.07, 6.45) is 0. The molecule has 1 rings (SSSR count). The van der Waals surface area contributed by atoms with Crippen molar-refractivity contribution >= 4 is 23.3 Å². The first kappa shape index (κ1) is 13.9. The van der Waals surface area contributed by atoms with Crippen molar-refractivity contribution in [3.05, 3.63) is 29.8 Å². The van der Waals surface area contributed by atoms with E-state index in [2.05, 4.69) is 10.6 Å². The second-order valence-electron chi connectivity index (χ2n) is 4.04. The Bertz CT molecular complexity index is 466. The van der Waals surface area contributed by atoms with Crippen LogP contribution in [0.1, 0.15) is 31.1 Å². The zero-order chi connectivity index (χ0) is 13.7. The quantitative estimate of drug-likeness (QED) is 0.790. The van der Waals surface area contributed by atoms with Gasteiger partial charge in [0.2, 0.25) is 11.8 Å². The molecular formula is C13H16N2O3. The van der Waals surface area contributed by atoms with Gasteiger partial charge in [0.25, 0.3) is 0 Å². The van der Waals surface area contributed by atoms with Crippen LogP contribution < -0.4 is 10.6 Å². The molecule has 0 heterocycles. The van der Waals surface area contributed by atoms with E-state index in [4.69, 9.17) is 0 Å². The fraction of sp³-hybridized carbons (Fsp3) is 0.308. The minimum Gasteiger partial charge on any atom is -0.345 e. The van der Waals surface area contributed by atoms with Gasteiger partial charge in [-0.2, -0.15) is 0 Å². The molecule has 1 atom stereocenters. The maximum atomic E-state index is 11.7. The molecule has 0 aliphatic carbocycles. The number of ketones is 1. The predicted octanol–water partition coefficient (Wildman–Crippen LogP) is 1.35. The Morgan fingerprint density at radius 1 is 1.06 bits per heavy atom. The van der Waals surface area contributed by atoms with Crippen molar-refractivity contribution in [2.24, 2.45) is 0 Å². The highest BCUT2D eigenvalue weighted by molar-refractivity contribution is 5.98. The molecule has 0 spiro atoms. The highest BCUT2D eigenvalue weighted by Crippen LogP contribution is 2.10. The third kappa shape index (κ3) is 4.01. The van der Waals surface area contributed by atoms with Crippen molar-refractivity contribution in [3.63, 3.8) is 0 Å². The number of carbonyl (C=O) groups excluding carboxylic acids is 3. The third-order valence-electron chi connectivity index (χ3n) is 2.37. The number of carbonyl (C=O) groups is 3. The van der Waals surface area contributed by atoms with E-state index in [9.17, 15) is 14.4 Å². The minimum atomic E-state index is -0.602. The number of rotatable bonds is 4. The van der Waals surface area contributed by atoms with Gasteiger partial charge in [0.05, 0.1) is 0 Å². The molecule has 96 valence electrons. The number of hydrogen-bond donors (Lipinski definition) is 2. The van der Waals surface area contributed by atoms with Crippen molar-refractivity contribution < 1.29 is 14.4 Å². The second-order valence-corrected chi connectivity index (χ2v) is 4.04. The Kier molecular flexibility index (Phi) is 4.59. The summed E-state index contributed by atoms with van der Waals surface area (Å²) in [6, 6.07) is 5.97. The number of benzene rings is 1. The summed E-state index contributed by atoms with van der Waals surface area (Å²) in [6.45, 7) is 4.43. The lowest BCUT2D eigenvalue weighted by Crippen LogP contribution is -2.40. The summed E-state index contributed by atoms with van der Waals surface area (Å²) in [7, 11) is 0. The molecule has 0 saturated heterocycles. The fourth-order valence-electron chi connectivity index (χ4n) is 1.41. The van der Waals surface area contributed by atoms with Crippen molar-refractivity contribution in [3.8, 4) is 0 Å². The summed E-state index contributed by atoms with van der Waals surface area (Å²) >= 11 is 0. The molecule has 0 aliphatic rings. The molecule has 0 aliphatic heterocycles. The number of anilines is 1. The van der Waals surface area contributed by atoms with E-state index in [1.54, 1.807) is 31.2 Å². The highest BCUT2D eigenvalue weighted by atomic mass is 16.2. The largest absolute Gasteiger partial charge is 0.345 e. The summed E-state index contributed by atoms with van der Waals surface area (Å²) in [5.74, 6) is -0.593. The van der Waals surface area contributed by atoms with Crippen molar-refractivity contribution in [1.29, 1.82) is 0 Å². The smallest absolute Gasteiger partial charge is 0.246 e. The van der Waals surface area contributed by atoms with E-state index in [0.29, 0.717) is 11.3 Å². The lowest BCUT2D eigenvalue weighted by Gasteiger charge is -2.12. The first-order valence-corrected chi connectivity index (χ1v) is 5.59. The first-order valence-electron chi connectivity index (χ1n) is 5.59. The van der Waals surface area contributed by atoms with Gasteiger partial charge < -0.3 is 10.6 Å². The molecule has 1 aromatic rings. The van der Waals surface area contributed by atoms with E-state index in [-0.39, 0.29) is 17.6 Å². The molecule has 2 N–H and O–H groups in total. The average Bonchev–Trinajstić information content (AvgIpc) is 2.28. The molecule has 2 amide bonds. The number of nitrogens with one attached hydrogen (secondary N) is 2. The highest BCUT2D eigenvalue weighted by Gasteiger charge is 2.13. The monoisotopic (exact) mass is 248 g/mol. The molecule has 0 fully saturated rings. The van der Waals surface area contributed by atoms with Crippen LogP contribution in [-0.4, -0.2) is 23.6 Å². The molecule has 1 aromatic carbocycles. The van der Waals surface area contributed by atoms with Crippen LogP contribution in [0.3, 0.4) is 0 Å². The number of hydrogen-bond acceptors (Lipinski definition) is 3. The molecule has 0 saturated carbocycles. The lowest BCUT2D eigenvalue weighted by atomic mass is 10.1. The third-order valence-corrected chi connectivity index (χ3v) is 2.37. The fourth-order valence-corrected chi connectivity index (χ4v) is 1.41. The minimum absolute atomic E-state index is 0.0282. The molecular weight excluding hydrogens is 232 g/mol. The van der Waals surface area contributed by atoms with Crippen LogP contribution in [0.15, 0.2) is 24.3 Å². The van der Waals surface area contributed by atoms with Gasteiger partial charge in [-0.05, 0) is 38.1 Å². The van der Waals surface area contributed by atoms with Gasteiger partial charge in [-0.15, -0.1) is 0 Å². The van der Waals surface area contributed by atoms with Crippen LogP contribution in [0, 0.1) is 0 Å². The van der Waals surface area contributed by atoms with E-state index in [1.165, 1.54) is 13.8 Å². The topological polar surface area (TPSA) is 75.3 Å². The molecule has 1 unspecified atom stereocenters. The Labute approximate surface area is 106 Å². The standard InChI is InChI=1S/C13H16N2O3/c1-8(14-10(3)17)13(18)15-12-6-4-11(5-7-12)9(2)16/h4-8H,1-3H3,(H,14,17)(H,15,18). The van der Waals surface area contributed by atoms with Gasteiger partial charge in [0.1, 0.15) is 6.04 Å². The van der Waals surface area contributed by atoms with Gasteiger partial charge in [0.15, 0.2) is 5.78 Å². The van der Waals surface area contributed by atoms with Gasteiger partial charge in [-0.1, -0.05) is 0 Å². The summed E-state index contributed by atoms with van der Waals surface area (Å²) < 4.78 is 0. The summed E-state index contributed by atoms with van der Waals surface area (Å²) in [5.41, 5.74) is 1.17. The lowest BCUT2D eigenvalue weighted by molar-refractivity contribution is -0.124. The predicted molar refractivity (Wildman–Crippen MR) is 68.4 cm³/mol. The van der Waals surface area contributed by atoms with Crippen LogP contribution in [0.5, 0.6) is 0 Å². The maximum absolute atomic E-state index is 11.7. The SMILES string of the molecule is CC(=O)NC(C)C(=O)Nc1ccc(C(C)=O)cc1. The number of Topliss-reactive ketones (excluding diaryl/α,β-unsaturated/α-hetero) is 1. The van der Waals surface area contributed by atoms with E-state index in [1.807, 2.05) is 0 Å². The second kappa shape index (κ2) is 5.95. The van der Waals surface area contributed by atoms with Gasteiger partial charge in [-0.25, -0.2) is 0 Å². The van der Waals surface area contributed by atoms with Crippen LogP contribution in [-0.2, 0) is 9.59 Å². The Hall–Kier alpha value is -2.17. The zero-order valence-corrected chi connectivity index (χ0v) is 10.6. The van der Waals surface area contributed by atoms with Crippen LogP contribution in [0.25, 0.3) is 0 Å². The Morgan fingerprint density at radius 2 is 1.61 bits per heavy atom. The van der Waals surface area contributed by atoms with Crippen LogP contribution in [0.4, 0.5) is 5.69 Å². The van der Waals surface area contributed by atoms with Gasteiger partial charge in [0, 0.05) is 18.2 Å². The summed E-state index contributed by atoms with van der Waals surface area (Å²) in [4.78, 5) is 33.5. The Morgan fingerprint density at radius 3 is 2.06 bits per heavy atom. The number of amides is 2. The van der Waals surface area contributed by atoms with E-state index in [0.717, 1.165) is 0 Å². The molecule has 18 heavy (non-hydrogen) atoms. The molecule has 5 heteroatoms. The maximum Gasteiger partial charge on any atom is 0.246 e. The summed E-state index contributed by atoms with van der Waals surface area (Å²) in [5, 5.41) is 5.14. The average molecular weight is 248 g/mol. The van der Waals surface area contributed by atoms with E-state index >= 15 is 0 Å². The normalized spacial score (nSPS) is 11.5. The molecule has 0 bridgehead atoms. The zero-order valence-electron chi connectivity index (χ0n) is 10.6. The Balaban J connectivity index is 2.64. The molecule has 0 radical (unpaired) electrons. The molecule has 0 aromatic heterocycles. The first-order chi connectivity index (χ1) is 8.40. The van der Waals surface area contributed by atoms with Crippen molar-refractivity contribution in [2.45, 2.75) is 26.8 Å². The van der Waals surface area contributed by atoms with Crippen molar-refractivity contribution in [2.75, 3.05) is 5.32 Å². The molecule has 5 nitrogen and oxygen atoms in total.